The summed E-state index contributed by atoms with van der Waals surface area (Å²) in [4.78, 5) is 17.6. The van der Waals surface area contributed by atoms with Crippen LogP contribution in [-0.2, 0) is 11.3 Å². The van der Waals surface area contributed by atoms with E-state index in [4.69, 9.17) is 0 Å². The van der Waals surface area contributed by atoms with Crippen LogP contribution < -0.4 is 5.32 Å². The molecule has 1 heterocycles. The van der Waals surface area contributed by atoms with Crippen molar-refractivity contribution in [2.45, 2.75) is 32.2 Å². The van der Waals surface area contributed by atoms with Gasteiger partial charge in [0.1, 0.15) is 5.82 Å². The summed E-state index contributed by atoms with van der Waals surface area (Å²) in [5.41, 5.74) is 4.33. The third-order valence-corrected chi connectivity index (χ3v) is 6.34. The van der Waals surface area contributed by atoms with Crippen molar-refractivity contribution in [1.82, 2.24) is 9.55 Å². The molecule has 140 valence electrons. The van der Waals surface area contributed by atoms with Crippen LogP contribution >= 0.6 is 27.7 Å². The molecule has 0 spiro atoms. The van der Waals surface area contributed by atoms with Gasteiger partial charge in [-0.3, -0.25) is 4.79 Å². The number of nitrogens with zero attached hydrogens (tertiary/aromatic N) is 2. The monoisotopic (exact) mass is 443 g/mol. The van der Waals surface area contributed by atoms with Gasteiger partial charge in [-0.15, -0.1) is 11.8 Å². The van der Waals surface area contributed by atoms with E-state index in [1.807, 2.05) is 37.4 Å². The zero-order valence-electron chi connectivity index (χ0n) is 15.6. The van der Waals surface area contributed by atoms with Gasteiger partial charge in [-0.1, -0.05) is 28.1 Å². The number of aryl methyl sites for hydroxylation is 3. The number of carbonyl (C=O) groups excluding carboxylic acids is 1. The molecule has 0 atom stereocenters. The topological polar surface area (TPSA) is 46.9 Å². The summed E-state index contributed by atoms with van der Waals surface area (Å²) in [6, 6.07) is 12.2. The molecule has 6 heteroatoms. The maximum absolute atomic E-state index is 12.3. The van der Waals surface area contributed by atoms with Crippen LogP contribution in [0.25, 0.3) is 0 Å². The number of anilines is 1. The van der Waals surface area contributed by atoms with Crippen LogP contribution in [0, 0.1) is 20.8 Å². The summed E-state index contributed by atoms with van der Waals surface area (Å²) in [6.07, 6.45) is 3.77. The van der Waals surface area contributed by atoms with E-state index in [2.05, 4.69) is 56.8 Å². The van der Waals surface area contributed by atoms with Gasteiger partial charge >= 0.3 is 0 Å². The molecule has 0 saturated heterocycles. The predicted octanol–water partition coefficient (Wildman–Crippen LogP) is 5.35. The molecular formula is C21H22BrN3OS. The van der Waals surface area contributed by atoms with Crippen molar-refractivity contribution in [3.05, 3.63) is 75.8 Å². The third kappa shape index (κ3) is 5.23. The Labute approximate surface area is 172 Å². The summed E-state index contributed by atoms with van der Waals surface area (Å²) in [5, 5.41) is 2.97. The lowest BCUT2D eigenvalue weighted by molar-refractivity contribution is -0.113. The lowest BCUT2D eigenvalue weighted by atomic mass is 10.2. The van der Waals surface area contributed by atoms with E-state index < -0.39 is 0 Å². The minimum Gasteiger partial charge on any atom is -0.331 e. The number of nitrogens with one attached hydrogen (secondary N) is 1. The summed E-state index contributed by atoms with van der Waals surface area (Å²) < 4.78 is 3.19. The first-order valence-corrected chi connectivity index (χ1v) is 10.5. The van der Waals surface area contributed by atoms with Crippen LogP contribution in [0.1, 0.15) is 22.5 Å². The fourth-order valence-corrected chi connectivity index (χ4v) is 4.07. The lowest BCUT2D eigenvalue weighted by Crippen LogP contribution is -2.14. The van der Waals surface area contributed by atoms with Crippen LogP contribution in [0.2, 0.25) is 0 Å². The van der Waals surface area contributed by atoms with Gasteiger partial charge < -0.3 is 9.88 Å². The third-order valence-electron chi connectivity index (χ3n) is 4.33. The molecule has 0 aliphatic heterocycles. The zero-order valence-corrected chi connectivity index (χ0v) is 18.0. The van der Waals surface area contributed by atoms with E-state index in [0.717, 1.165) is 27.4 Å². The van der Waals surface area contributed by atoms with Crippen LogP contribution in [0.4, 0.5) is 5.69 Å². The van der Waals surface area contributed by atoms with Gasteiger partial charge in [0, 0.05) is 34.0 Å². The fourth-order valence-electron chi connectivity index (χ4n) is 2.71. The highest BCUT2D eigenvalue weighted by molar-refractivity contribution is 9.10. The SMILES string of the molecule is Cc1cc(SCC(=O)Nc2ccc(Cn3ccnc3C)cc2)c(C)cc1Br. The highest BCUT2D eigenvalue weighted by atomic mass is 79.9. The van der Waals surface area contributed by atoms with E-state index >= 15 is 0 Å². The Bertz CT molecular complexity index is 951. The summed E-state index contributed by atoms with van der Waals surface area (Å²) in [5.74, 6) is 1.37. The molecule has 4 nitrogen and oxygen atoms in total. The Morgan fingerprint density at radius 2 is 1.89 bits per heavy atom. The number of hydrogen-bond donors (Lipinski definition) is 1. The van der Waals surface area contributed by atoms with Crippen molar-refractivity contribution >= 4 is 39.3 Å². The van der Waals surface area contributed by atoms with Crippen molar-refractivity contribution in [1.29, 1.82) is 0 Å². The molecule has 27 heavy (non-hydrogen) atoms. The number of imidazole rings is 1. The number of thioether (sulfide) groups is 1. The number of rotatable bonds is 6. The highest BCUT2D eigenvalue weighted by Gasteiger charge is 2.08. The van der Waals surface area contributed by atoms with Crippen molar-refractivity contribution in [3.63, 3.8) is 0 Å². The summed E-state index contributed by atoms with van der Waals surface area (Å²) >= 11 is 5.10. The van der Waals surface area contributed by atoms with Gasteiger partial charge in [-0.2, -0.15) is 0 Å². The fraction of sp³-hybridized carbons (Fsp3) is 0.238. The molecule has 0 radical (unpaired) electrons. The molecule has 1 aromatic heterocycles. The second kappa shape index (κ2) is 8.76. The number of hydrogen-bond acceptors (Lipinski definition) is 3. The Morgan fingerprint density at radius 1 is 1.15 bits per heavy atom. The molecule has 3 aromatic rings. The Kier molecular flexibility index (Phi) is 6.39. The van der Waals surface area contributed by atoms with Gasteiger partial charge in [0.05, 0.1) is 5.75 Å². The van der Waals surface area contributed by atoms with Gasteiger partial charge in [-0.25, -0.2) is 4.98 Å². The molecule has 2 aromatic carbocycles. The molecule has 1 N–H and O–H groups in total. The van der Waals surface area contributed by atoms with E-state index in [1.165, 1.54) is 16.7 Å². The molecule has 0 saturated carbocycles. The maximum atomic E-state index is 12.3. The standard InChI is InChI=1S/C21H22BrN3OS/c1-14-11-20(15(2)10-19(14)22)27-13-21(26)24-18-6-4-17(5-7-18)12-25-9-8-23-16(25)3/h4-11H,12-13H2,1-3H3,(H,24,26). The lowest BCUT2D eigenvalue weighted by Gasteiger charge is -2.10. The number of carbonyl (C=O) groups is 1. The first-order valence-electron chi connectivity index (χ1n) is 8.68. The van der Waals surface area contributed by atoms with E-state index in [9.17, 15) is 4.79 Å². The van der Waals surface area contributed by atoms with Crippen LogP contribution in [0.15, 0.2) is 58.2 Å². The average molecular weight is 444 g/mol. The minimum absolute atomic E-state index is 0.00169. The smallest absolute Gasteiger partial charge is 0.234 e. The minimum atomic E-state index is -0.00169. The summed E-state index contributed by atoms with van der Waals surface area (Å²) in [7, 11) is 0. The molecule has 0 aliphatic rings. The normalized spacial score (nSPS) is 10.8. The molecule has 0 aliphatic carbocycles. The second-order valence-electron chi connectivity index (χ2n) is 6.50. The molecule has 3 rings (SSSR count). The molecule has 0 fully saturated rings. The highest BCUT2D eigenvalue weighted by Crippen LogP contribution is 2.28. The Morgan fingerprint density at radius 3 is 2.56 bits per heavy atom. The Hall–Kier alpha value is -2.05. The van der Waals surface area contributed by atoms with Crippen molar-refractivity contribution < 1.29 is 4.79 Å². The van der Waals surface area contributed by atoms with Gasteiger partial charge in [0.2, 0.25) is 5.91 Å². The first-order chi connectivity index (χ1) is 12.9. The van der Waals surface area contributed by atoms with Crippen LogP contribution in [0.3, 0.4) is 0 Å². The number of benzene rings is 2. The van der Waals surface area contributed by atoms with Crippen LogP contribution in [0.5, 0.6) is 0 Å². The zero-order chi connectivity index (χ0) is 19.4. The van der Waals surface area contributed by atoms with Crippen molar-refractivity contribution in [2.75, 3.05) is 11.1 Å². The maximum Gasteiger partial charge on any atom is 0.234 e. The number of aromatic nitrogens is 2. The average Bonchev–Trinajstić information content (AvgIpc) is 3.03. The predicted molar refractivity (Wildman–Crippen MR) is 115 cm³/mol. The first kappa shape index (κ1) is 19.7. The van der Waals surface area contributed by atoms with Crippen LogP contribution in [-0.4, -0.2) is 21.2 Å². The molecule has 0 unspecified atom stereocenters. The Balaban J connectivity index is 1.55. The molecule has 1 amide bonds. The van der Waals surface area contributed by atoms with Crippen molar-refractivity contribution in [3.8, 4) is 0 Å². The number of halogens is 1. The molecular weight excluding hydrogens is 422 g/mol. The van der Waals surface area contributed by atoms with Gasteiger partial charge in [0.15, 0.2) is 0 Å². The quantitative estimate of drug-likeness (QED) is 0.522. The largest absolute Gasteiger partial charge is 0.331 e. The number of amides is 1. The van der Waals surface area contributed by atoms with E-state index in [1.54, 1.807) is 18.0 Å². The van der Waals surface area contributed by atoms with E-state index in [0.29, 0.717) is 5.75 Å². The van der Waals surface area contributed by atoms with Crippen molar-refractivity contribution in [2.24, 2.45) is 0 Å². The van der Waals surface area contributed by atoms with Gasteiger partial charge in [-0.05, 0) is 61.7 Å². The second-order valence-corrected chi connectivity index (χ2v) is 8.37. The van der Waals surface area contributed by atoms with Gasteiger partial charge in [0.25, 0.3) is 0 Å². The molecule has 0 bridgehead atoms. The van der Waals surface area contributed by atoms with E-state index in [-0.39, 0.29) is 5.91 Å². The summed E-state index contributed by atoms with van der Waals surface area (Å²) in [6.45, 7) is 6.88.